The topological polar surface area (TPSA) is 43.4 Å². The smallest absolute Gasteiger partial charge is 0.320 e. The number of esters is 1. The minimum absolute atomic E-state index is 0.221. The normalized spacial score (nSPS) is 14.8. The third kappa shape index (κ3) is 3.62. The molecule has 124 valence electrons. The maximum Gasteiger partial charge on any atom is 0.320 e. The second-order valence-corrected chi connectivity index (χ2v) is 5.91. The van der Waals surface area contributed by atoms with Crippen molar-refractivity contribution in [2.24, 2.45) is 5.41 Å². The van der Waals surface area contributed by atoms with Gasteiger partial charge in [-0.2, -0.15) is 0 Å². The van der Waals surface area contributed by atoms with Crippen LogP contribution in [0.25, 0.3) is 6.08 Å². The first kappa shape index (κ1) is 17.7. The number of benzene rings is 2. The van der Waals surface area contributed by atoms with Crippen LogP contribution in [0, 0.1) is 5.41 Å². The fraction of sp³-hybridized carbons (Fsp3) is 0.238. The Morgan fingerprint density at radius 3 is 2.04 bits per heavy atom. The van der Waals surface area contributed by atoms with Crippen LogP contribution in [0.15, 0.2) is 66.7 Å². The number of carbonyl (C=O) groups is 2. The Morgan fingerprint density at radius 1 is 1.00 bits per heavy atom. The zero-order valence-electron chi connectivity index (χ0n) is 14.2. The van der Waals surface area contributed by atoms with Crippen molar-refractivity contribution in [3.05, 3.63) is 77.9 Å². The summed E-state index contributed by atoms with van der Waals surface area (Å²) in [4.78, 5) is 24.8. The van der Waals surface area contributed by atoms with Crippen LogP contribution in [-0.2, 0) is 14.3 Å². The number of methoxy groups -OCH3 is 1. The van der Waals surface area contributed by atoms with Crippen molar-refractivity contribution < 1.29 is 14.3 Å². The van der Waals surface area contributed by atoms with E-state index in [4.69, 9.17) is 4.74 Å². The predicted molar refractivity (Wildman–Crippen MR) is 95.5 cm³/mol. The molecule has 0 aromatic heterocycles. The van der Waals surface area contributed by atoms with E-state index in [1.54, 1.807) is 6.92 Å². The summed E-state index contributed by atoms with van der Waals surface area (Å²) in [5, 5.41) is 0. The van der Waals surface area contributed by atoms with Crippen LogP contribution in [0.3, 0.4) is 0 Å². The van der Waals surface area contributed by atoms with Crippen LogP contribution in [0.5, 0.6) is 0 Å². The van der Waals surface area contributed by atoms with E-state index in [9.17, 15) is 9.59 Å². The van der Waals surface area contributed by atoms with Gasteiger partial charge in [0.1, 0.15) is 11.2 Å². The van der Waals surface area contributed by atoms with E-state index < -0.39 is 17.3 Å². The Morgan fingerprint density at radius 2 is 1.54 bits per heavy atom. The summed E-state index contributed by atoms with van der Waals surface area (Å²) in [5.74, 6) is -1.16. The molecule has 24 heavy (non-hydrogen) atoms. The molecule has 0 aliphatic rings. The molecule has 0 amide bonds. The Bertz CT molecular complexity index is 719. The van der Waals surface area contributed by atoms with Gasteiger partial charge in [0, 0.05) is 5.92 Å². The van der Waals surface area contributed by atoms with Crippen molar-refractivity contribution in [2.75, 3.05) is 7.11 Å². The van der Waals surface area contributed by atoms with Gasteiger partial charge in [-0.25, -0.2) is 0 Å². The zero-order chi connectivity index (χ0) is 17.6. The molecule has 2 aromatic carbocycles. The number of hydrogen-bond donors (Lipinski definition) is 0. The van der Waals surface area contributed by atoms with Crippen molar-refractivity contribution in [2.45, 2.75) is 19.8 Å². The van der Waals surface area contributed by atoms with Gasteiger partial charge in [0.05, 0.1) is 7.11 Å². The molecule has 0 saturated heterocycles. The summed E-state index contributed by atoms with van der Waals surface area (Å²) in [6, 6.07) is 19.3. The number of ketones is 1. The second kappa shape index (κ2) is 7.73. The number of hydrogen-bond acceptors (Lipinski definition) is 3. The van der Waals surface area contributed by atoms with Crippen LogP contribution in [0.2, 0.25) is 0 Å². The van der Waals surface area contributed by atoms with Crippen molar-refractivity contribution in [3.8, 4) is 0 Å². The van der Waals surface area contributed by atoms with E-state index in [1.807, 2.05) is 72.8 Å². The first-order valence-corrected chi connectivity index (χ1v) is 7.87. The van der Waals surface area contributed by atoms with Gasteiger partial charge < -0.3 is 4.74 Å². The first-order chi connectivity index (χ1) is 11.5. The average Bonchev–Trinajstić information content (AvgIpc) is 2.62. The lowest BCUT2D eigenvalue weighted by Gasteiger charge is -2.31. The average molecular weight is 322 g/mol. The molecule has 0 fully saturated rings. The third-order valence-electron chi connectivity index (χ3n) is 4.40. The number of Topliss-reactive ketones (excluding diaryl/α,β-unsaturated/α-hetero) is 1. The molecule has 0 aliphatic carbocycles. The van der Waals surface area contributed by atoms with Crippen LogP contribution >= 0.6 is 0 Å². The fourth-order valence-corrected chi connectivity index (χ4v) is 2.77. The van der Waals surface area contributed by atoms with E-state index >= 15 is 0 Å². The Labute approximate surface area is 143 Å². The molecule has 0 bridgehead atoms. The molecular formula is C21H22O3. The molecule has 2 rings (SSSR count). The predicted octanol–water partition coefficient (Wildman–Crippen LogP) is 4.25. The molecule has 0 radical (unpaired) electrons. The lowest BCUT2D eigenvalue weighted by Crippen LogP contribution is -2.41. The van der Waals surface area contributed by atoms with Crippen molar-refractivity contribution in [1.29, 1.82) is 0 Å². The van der Waals surface area contributed by atoms with E-state index in [-0.39, 0.29) is 5.78 Å². The monoisotopic (exact) mass is 322 g/mol. The number of allylic oxidation sites excluding steroid dienone is 1. The molecule has 3 nitrogen and oxygen atoms in total. The summed E-state index contributed by atoms with van der Waals surface area (Å²) >= 11 is 0. The molecule has 0 aliphatic heterocycles. The summed E-state index contributed by atoms with van der Waals surface area (Å²) < 4.78 is 4.94. The van der Waals surface area contributed by atoms with Crippen molar-refractivity contribution in [3.63, 3.8) is 0 Å². The van der Waals surface area contributed by atoms with Gasteiger partial charge in [0.2, 0.25) is 0 Å². The van der Waals surface area contributed by atoms with Crippen molar-refractivity contribution in [1.82, 2.24) is 0 Å². The van der Waals surface area contributed by atoms with E-state index in [0.29, 0.717) is 0 Å². The van der Waals surface area contributed by atoms with Gasteiger partial charge in [-0.3, -0.25) is 9.59 Å². The Balaban J connectivity index is 2.52. The Hall–Kier alpha value is -2.68. The summed E-state index contributed by atoms with van der Waals surface area (Å²) in [5.41, 5.74) is 0.628. The van der Waals surface area contributed by atoms with Crippen LogP contribution in [0.4, 0.5) is 0 Å². The van der Waals surface area contributed by atoms with E-state index in [2.05, 4.69) is 0 Å². The SMILES string of the molecule is COC(=O)C(C)(C(C)=O)C(/C=C/c1ccccc1)c1ccccc1. The minimum Gasteiger partial charge on any atom is -0.468 e. The van der Waals surface area contributed by atoms with Crippen LogP contribution in [0.1, 0.15) is 30.9 Å². The van der Waals surface area contributed by atoms with Gasteiger partial charge in [-0.05, 0) is 25.0 Å². The quantitative estimate of drug-likeness (QED) is 0.590. The molecule has 0 N–H and O–H groups in total. The molecule has 0 spiro atoms. The highest BCUT2D eigenvalue weighted by atomic mass is 16.5. The first-order valence-electron chi connectivity index (χ1n) is 7.87. The van der Waals surface area contributed by atoms with Crippen molar-refractivity contribution >= 4 is 17.8 Å². The van der Waals surface area contributed by atoms with E-state index in [0.717, 1.165) is 11.1 Å². The molecule has 2 atom stereocenters. The standard InChI is InChI=1S/C21H22O3/c1-16(22)21(2,20(23)24-3)19(18-12-8-5-9-13-18)15-14-17-10-6-4-7-11-17/h4-15,19H,1-3H3/b15-14+. The maximum atomic E-state index is 12.4. The summed E-state index contributed by atoms with van der Waals surface area (Å²) in [6.07, 6.45) is 3.84. The third-order valence-corrected chi connectivity index (χ3v) is 4.40. The van der Waals surface area contributed by atoms with Crippen LogP contribution in [-0.4, -0.2) is 18.9 Å². The molecule has 0 heterocycles. The number of carbonyl (C=O) groups excluding carboxylic acids is 2. The van der Waals surface area contributed by atoms with Gasteiger partial charge in [-0.15, -0.1) is 0 Å². The van der Waals surface area contributed by atoms with Gasteiger partial charge in [-0.1, -0.05) is 72.8 Å². The zero-order valence-corrected chi connectivity index (χ0v) is 14.2. The maximum absolute atomic E-state index is 12.4. The van der Waals surface area contributed by atoms with Crippen LogP contribution < -0.4 is 0 Å². The summed E-state index contributed by atoms with van der Waals surface area (Å²) in [6.45, 7) is 3.08. The molecule has 2 unspecified atom stereocenters. The summed E-state index contributed by atoms with van der Waals surface area (Å²) in [7, 11) is 1.31. The number of rotatable bonds is 6. The largest absolute Gasteiger partial charge is 0.468 e. The van der Waals surface area contributed by atoms with Gasteiger partial charge >= 0.3 is 5.97 Å². The highest BCUT2D eigenvalue weighted by Crippen LogP contribution is 2.39. The lowest BCUT2D eigenvalue weighted by atomic mass is 9.70. The Kier molecular flexibility index (Phi) is 5.69. The number of ether oxygens (including phenoxy) is 1. The fourth-order valence-electron chi connectivity index (χ4n) is 2.77. The molecular weight excluding hydrogens is 300 g/mol. The second-order valence-electron chi connectivity index (χ2n) is 5.91. The molecule has 2 aromatic rings. The van der Waals surface area contributed by atoms with Gasteiger partial charge in [0.25, 0.3) is 0 Å². The highest BCUT2D eigenvalue weighted by molar-refractivity contribution is 6.03. The molecule has 0 saturated carbocycles. The molecule has 3 heteroatoms. The minimum atomic E-state index is -1.28. The lowest BCUT2D eigenvalue weighted by molar-refractivity contribution is -0.157. The van der Waals surface area contributed by atoms with E-state index in [1.165, 1.54) is 14.0 Å². The van der Waals surface area contributed by atoms with Gasteiger partial charge in [0.15, 0.2) is 0 Å². The highest BCUT2D eigenvalue weighted by Gasteiger charge is 2.46.